The second kappa shape index (κ2) is 7.92. The minimum absolute atomic E-state index is 0.0548. The molecule has 0 aliphatic carbocycles. The molecule has 5 heteroatoms. The first-order valence-corrected chi connectivity index (χ1v) is 5.96. The van der Waals surface area contributed by atoms with Gasteiger partial charge in [-0.3, -0.25) is 4.79 Å². The zero-order chi connectivity index (χ0) is 14.1. The minimum atomic E-state index is -0.985. The van der Waals surface area contributed by atoms with Crippen molar-refractivity contribution in [2.45, 2.75) is 13.3 Å². The van der Waals surface area contributed by atoms with Crippen LogP contribution in [-0.2, 0) is 9.59 Å². The Balaban J connectivity index is 2.40. The molecule has 0 heterocycles. The third-order valence-corrected chi connectivity index (χ3v) is 2.24. The number of nitrogens with one attached hydrogen (secondary N) is 1. The standard InChI is InChI=1S/C14H17NO4/c1-11(16)15-8-3-9-19-13-5-2-4-12(10-13)6-7-14(17)18/h2,4-7,10H,3,8-9H2,1H3,(H,15,16)(H,17,18). The van der Waals surface area contributed by atoms with Gasteiger partial charge in [-0.1, -0.05) is 12.1 Å². The first-order chi connectivity index (χ1) is 9.08. The molecule has 2 N–H and O–H groups in total. The number of amides is 1. The lowest BCUT2D eigenvalue weighted by molar-refractivity contribution is -0.131. The quantitative estimate of drug-likeness (QED) is 0.580. The molecule has 0 saturated heterocycles. The monoisotopic (exact) mass is 263 g/mol. The molecule has 0 bridgehead atoms. The van der Waals surface area contributed by atoms with Gasteiger partial charge in [-0.05, 0) is 30.2 Å². The molecule has 0 aliphatic heterocycles. The number of hydrogen-bond acceptors (Lipinski definition) is 3. The Morgan fingerprint density at radius 2 is 2.21 bits per heavy atom. The van der Waals surface area contributed by atoms with Crippen LogP contribution < -0.4 is 10.1 Å². The van der Waals surface area contributed by atoms with Gasteiger partial charge in [-0.25, -0.2) is 4.79 Å². The molecular formula is C14H17NO4. The van der Waals surface area contributed by atoms with Gasteiger partial charge >= 0.3 is 5.97 Å². The second-order valence-corrected chi connectivity index (χ2v) is 3.93. The van der Waals surface area contributed by atoms with Gasteiger partial charge in [0.25, 0.3) is 0 Å². The Morgan fingerprint density at radius 1 is 1.42 bits per heavy atom. The average molecular weight is 263 g/mol. The highest BCUT2D eigenvalue weighted by Crippen LogP contribution is 2.14. The normalized spacial score (nSPS) is 10.4. The van der Waals surface area contributed by atoms with Crippen LogP contribution >= 0.6 is 0 Å². The molecule has 1 aromatic rings. The Bertz CT molecular complexity index is 468. The molecule has 1 rings (SSSR count). The maximum atomic E-state index is 10.6. The van der Waals surface area contributed by atoms with E-state index in [1.54, 1.807) is 24.3 Å². The van der Waals surface area contributed by atoms with Crippen molar-refractivity contribution in [1.29, 1.82) is 0 Å². The SMILES string of the molecule is CC(=O)NCCCOc1cccc(C=CC(=O)O)c1. The largest absolute Gasteiger partial charge is 0.494 e. The molecule has 0 aliphatic rings. The number of ether oxygens (including phenoxy) is 1. The van der Waals surface area contributed by atoms with Gasteiger partial charge in [0.05, 0.1) is 6.61 Å². The minimum Gasteiger partial charge on any atom is -0.494 e. The number of hydrogen-bond donors (Lipinski definition) is 2. The van der Waals surface area contributed by atoms with E-state index in [1.807, 2.05) is 0 Å². The highest BCUT2D eigenvalue weighted by Gasteiger charge is 1.96. The molecule has 0 aromatic heterocycles. The lowest BCUT2D eigenvalue weighted by Crippen LogP contribution is -2.22. The highest BCUT2D eigenvalue weighted by atomic mass is 16.5. The van der Waals surface area contributed by atoms with Crippen molar-refractivity contribution in [3.63, 3.8) is 0 Å². The molecule has 0 atom stereocenters. The zero-order valence-electron chi connectivity index (χ0n) is 10.8. The summed E-state index contributed by atoms with van der Waals surface area (Å²) in [6.45, 7) is 2.54. The molecule has 1 aromatic carbocycles. The summed E-state index contributed by atoms with van der Waals surface area (Å²) >= 11 is 0. The topological polar surface area (TPSA) is 75.6 Å². The Morgan fingerprint density at radius 3 is 2.89 bits per heavy atom. The van der Waals surface area contributed by atoms with E-state index in [0.717, 1.165) is 18.1 Å². The summed E-state index contributed by atoms with van der Waals surface area (Å²) in [4.78, 5) is 21.0. The van der Waals surface area contributed by atoms with Gasteiger partial charge < -0.3 is 15.2 Å². The molecule has 0 spiro atoms. The predicted molar refractivity (Wildman–Crippen MR) is 71.9 cm³/mol. The van der Waals surface area contributed by atoms with Crippen molar-refractivity contribution in [2.24, 2.45) is 0 Å². The molecule has 1 amide bonds. The van der Waals surface area contributed by atoms with Gasteiger partial charge in [-0.2, -0.15) is 0 Å². The number of carbonyl (C=O) groups is 2. The first kappa shape index (κ1) is 14.8. The summed E-state index contributed by atoms with van der Waals surface area (Å²) in [5.74, 6) is -0.363. The van der Waals surface area contributed by atoms with Crippen molar-refractivity contribution in [1.82, 2.24) is 5.32 Å². The van der Waals surface area contributed by atoms with Crippen LogP contribution in [0.1, 0.15) is 18.9 Å². The van der Waals surface area contributed by atoms with Gasteiger partial charge in [-0.15, -0.1) is 0 Å². The summed E-state index contributed by atoms with van der Waals surface area (Å²) in [5, 5.41) is 11.2. The number of benzene rings is 1. The van der Waals surface area contributed by atoms with Crippen molar-refractivity contribution >= 4 is 18.0 Å². The number of rotatable bonds is 7. The van der Waals surface area contributed by atoms with Crippen LogP contribution in [0, 0.1) is 0 Å². The fraction of sp³-hybridized carbons (Fsp3) is 0.286. The molecule has 19 heavy (non-hydrogen) atoms. The number of carboxylic acids is 1. The summed E-state index contributed by atoms with van der Waals surface area (Å²) in [5.41, 5.74) is 0.766. The van der Waals surface area contributed by atoms with E-state index in [1.165, 1.54) is 13.0 Å². The summed E-state index contributed by atoms with van der Waals surface area (Å²) in [7, 11) is 0. The van der Waals surface area contributed by atoms with Crippen LogP contribution in [0.25, 0.3) is 6.08 Å². The summed E-state index contributed by atoms with van der Waals surface area (Å²) < 4.78 is 5.50. The van der Waals surface area contributed by atoms with E-state index >= 15 is 0 Å². The Hall–Kier alpha value is -2.30. The maximum Gasteiger partial charge on any atom is 0.328 e. The smallest absolute Gasteiger partial charge is 0.328 e. The van der Waals surface area contributed by atoms with Gasteiger partial charge in [0.1, 0.15) is 5.75 Å². The van der Waals surface area contributed by atoms with Gasteiger partial charge in [0.2, 0.25) is 5.91 Å². The number of aliphatic carboxylic acids is 1. The fourth-order valence-corrected chi connectivity index (χ4v) is 1.40. The van der Waals surface area contributed by atoms with Gasteiger partial charge in [0.15, 0.2) is 0 Å². The fourth-order valence-electron chi connectivity index (χ4n) is 1.40. The van der Waals surface area contributed by atoms with E-state index in [-0.39, 0.29) is 5.91 Å². The Kier molecular flexibility index (Phi) is 6.15. The van der Waals surface area contributed by atoms with Crippen molar-refractivity contribution in [3.8, 4) is 5.75 Å². The van der Waals surface area contributed by atoms with E-state index in [0.29, 0.717) is 18.9 Å². The molecular weight excluding hydrogens is 246 g/mol. The lowest BCUT2D eigenvalue weighted by Gasteiger charge is -2.07. The first-order valence-electron chi connectivity index (χ1n) is 5.96. The van der Waals surface area contributed by atoms with Crippen LogP contribution in [0.4, 0.5) is 0 Å². The van der Waals surface area contributed by atoms with Gasteiger partial charge in [0, 0.05) is 19.5 Å². The van der Waals surface area contributed by atoms with Crippen LogP contribution in [-0.4, -0.2) is 30.1 Å². The summed E-state index contributed by atoms with van der Waals surface area (Å²) in [6.07, 6.45) is 3.30. The molecule has 102 valence electrons. The van der Waals surface area contributed by atoms with Crippen molar-refractivity contribution < 1.29 is 19.4 Å². The van der Waals surface area contributed by atoms with Crippen molar-refractivity contribution in [2.75, 3.05) is 13.2 Å². The molecule has 0 unspecified atom stereocenters. The maximum absolute atomic E-state index is 10.6. The average Bonchev–Trinajstić information content (AvgIpc) is 2.36. The lowest BCUT2D eigenvalue weighted by atomic mass is 10.2. The van der Waals surface area contributed by atoms with Crippen LogP contribution in [0.3, 0.4) is 0 Å². The number of carbonyl (C=O) groups excluding carboxylic acids is 1. The van der Waals surface area contributed by atoms with Crippen LogP contribution in [0.2, 0.25) is 0 Å². The van der Waals surface area contributed by atoms with E-state index in [2.05, 4.69) is 5.32 Å². The molecule has 0 fully saturated rings. The second-order valence-electron chi connectivity index (χ2n) is 3.93. The predicted octanol–water partition coefficient (Wildman–Crippen LogP) is 1.69. The molecule has 0 saturated carbocycles. The van der Waals surface area contributed by atoms with E-state index < -0.39 is 5.97 Å². The zero-order valence-corrected chi connectivity index (χ0v) is 10.8. The molecule has 5 nitrogen and oxygen atoms in total. The van der Waals surface area contributed by atoms with Crippen LogP contribution in [0.15, 0.2) is 30.3 Å². The Labute approximate surface area is 111 Å². The van der Waals surface area contributed by atoms with E-state index in [9.17, 15) is 9.59 Å². The highest BCUT2D eigenvalue weighted by molar-refractivity contribution is 5.85. The molecule has 0 radical (unpaired) electrons. The summed E-state index contributed by atoms with van der Waals surface area (Å²) in [6, 6.07) is 7.16. The third kappa shape index (κ3) is 6.88. The number of carboxylic acid groups (broad SMARTS) is 1. The van der Waals surface area contributed by atoms with Crippen LogP contribution in [0.5, 0.6) is 5.75 Å². The van der Waals surface area contributed by atoms with E-state index in [4.69, 9.17) is 9.84 Å². The van der Waals surface area contributed by atoms with Crippen molar-refractivity contribution in [3.05, 3.63) is 35.9 Å². The third-order valence-electron chi connectivity index (χ3n) is 2.24.